The van der Waals surface area contributed by atoms with Crippen molar-refractivity contribution in [3.63, 3.8) is 0 Å². The summed E-state index contributed by atoms with van der Waals surface area (Å²) >= 11 is 0. The third kappa shape index (κ3) is 13.7. The normalized spacial score (nSPS) is 11.0. The molecule has 10 aromatic heterocycles. The Morgan fingerprint density at radius 3 is 0.860 bits per heavy atom. The van der Waals surface area contributed by atoms with Gasteiger partial charge in [0.05, 0.1) is 28.2 Å². The zero-order valence-corrected chi connectivity index (χ0v) is 70.3. The molecule has 5 radical (unpaired) electrons. The van der Waals surface area contributed by atoms with Crippen LogP contribution in [-0.4, -0.2) is 46.9 Å². The standard InChI is InChI=1S/2C22H15N2.3C16H11N2.5Ir/c1-15-9-11-16(12-10-15)17-7-4-8-19-18-5-2-3-6-20(18)22-23-13-14-24(22)21(17)19;1-15-6-8-16(9-7-15)17-10-11-21-20(14-17)18-4-2-3-5-19(18)22-23-12-13-24(21)22;3*1-11-6-7-15-14(10-11)12-4-2-3-5-13(12)16-17-8-9-18(15)16;;;;;/h2-5,7-14H,1H3;2-4,6-14H,1H3;3*2-4,6-10H,1H3;;;;;/q5*-1;;;;;. The molecule has 0 fully saturated rings. The van der Waals surface area contributed by atoms with Crippen molar-refractivity contribution >= 4 is 137 Å². The number of pyridine rings is 5. The van der Waals surface area contributed by atoms with E-state index in [-0.39, 0.29) is 101 Å². The summed E-state index contributed by atoms with van der Waals surface area (Å²) in [5.41, 5.74) is 22.1. The van der Waals surface area contributed by atoms with Crippen molar-refractivity contribution in [3.8, 4) is 22.3 Å². The number of nitrogens with zero attached hydrogens (tertiary/aromatic N) is 10. The van der Waals surface area contributed by atoms with Crippen LogP contribution in [0.4, 0.5) is 0 Å². The van der Waals surface area contributed by atoms with E-state index in [1.165, 1.54) is 132 Å². The van der Waals surface area contributed by atoms with Crippen LogP contribution in [-0.2, 0) is 101 Å². The third-order valence-electron chi connectivity index (χ3n) is 19.6. The Morgan fingerprint density at radius 1 is 0.234 bits per heavy atom. The molecule has 107 heavy (non-hydrogen) atoms. The summed E-state index contributed by atoms with van der Waals surface area (Å²) in [6.45, 7) is 10.6. The second kappa shape index (κ2) is 31.8. The summed E-state index contributed by atoms with van der Waals surface area (Å²) in [6.07, 6.45) is 19.3. The minimum Gasteiger partial charge on any atom is -0.340 e. The van der Waals surface area contributed by atoms with Crippen molar-refractivity contribution in [3.05, 3.63) is 351 Å². The van der Waals surface area contributed by atoms with Crippen molar-refractivity contribution in [2.24, 2.45) is 0 Å². The Morgan fingerprint density at radius 2 is 0.505 bits per heavy atom. The van der Waals surface area contributed by atoms with Crippen LogP contribution in [0.15, 0.2) is 292 Å². The van der Waals surface area contributed by atoms with Crippen LogP contribution in [0.1, 0.15) is 27.8 Å². The Hall–Kier alpha value is -10.1. The molecule has 0 spiro atoms. The van der Waals surface area contributed by atoms with E-state index in [9.17, 15) is 0 Å². The number of imidazole rings is 5. The molecule has 22 rings (SSSR count). The van der Waals surface area contributed by atoms with Crippen LogP contribution >= 0.6 is 0 Å². The molecule has 22 aromatic rings. The number of aryl methyl sites for hydroxylation is 5. The monoisotopic (exact) mass is 2270 g/mol. The topological polar surface area (TPSA) is 86.5 Å². The third-order valence-corrected chi connectivity index (χ3v) is 19.6. The van der Waals surface area contributed by atoms with Crippen molar-refractivity contribution in [1.82, 2.24) is 46.9 Å². The fourth-order valence-corrected chi connectivity index (χ4v) is 14.7. The van der Waals surface area contributed by atoms with E-state index >= 15 is 0 Å². The summed E-state index contributed by atoms with van der Waals surface area (Å²) in [7, 11) is 0. The Bertz CT molecular complexity index is 6640. The van der Waals surface area contributed by atoms with Gasteiger partial charge in [-0.2, -0.15) is 0 Å². The number of hydrogen-bond donors (Lipinski definition) is 0. The average Bonchev–Trinajstić information content (AvgIpc) is 1.91. The minimum absolute atomic E-state index is 0. The summed E-state index contributed by atoms with van der Waals surface area (Å²) in [5, 5.41) is 17.6. The molecule has 0 atom stereocenters. The van der Waals surface area contributed by atoms with Crippen LogP contribution in [0.3, 0.4) is 0 Å². The molecular formula is C92H63Ir5N10-5. The molecule has 0 aliphatic rings. The molecule has 0 aliphatic carbocycles. The van der Waals surface area contributed by atoms with E-state index in [4.69, 9.17) is 0 Å². The van der Waals surface area contributed by atoms with Gasteiger partial charge >= 0.3 is 0 Å². The second-order valence-electron chi connectivity index (χ2n) is 26.1. The van der Waals surface area contributed by atoms with E-state index in [2.05, 4.69) is 282 Å². The summed E-state index contributed by atoms with van der Waals surface area (Å²) < 4.78 is 10.7. The number of para-hydroxylation sites is 1. The molecule has 0 unspecified atom stereocenters. The number of hydrogen-bond acceptors (Lipinski definition) is 5. The van der Waals surface area contributed by atoms with Crippen LogP contribution < -0.4 is 0 Å². The smallest absolute Gasteiger partial charge is 0.0608 e. The largest absolute Gasteiger partial charge is 0.340 e. The first kappa shape index (κ1) is 75.2. The van der Waals surface area contributed by atoms with Gasteiger partial charge in [-0.25, -0.2) is 0 Å². The van der Waals surface area contributed by atoms with Crippen LogP contribution in [0.25, 0.3) is 159 Å². The van der Waals surface area contributed by atoms with Gasteiger partial charge in [0.15, 0.2) is 0 Å². The second-order valence-corrected chi connectivity index (χ2v) is 26.1. The zero-order valence-electron chi connectivity index (χ0n) is 58.4. The quantitative estimate of drug-likeness (QED) is 0.127. The fourth-order valence-electron chi connectivity index (χ4n) is 14.7. The SMILES string of the molecule is Cc1ccc(-c2ccc3c(c2)c2ccc[c-]c2c2nccn32)cc1.Cc1ccc(-c2cccc3c4ccc[c-]c4c4nccn4c23)cc1.Cc1ccc2c(c1)c1ccc[c-]c1c1nccn21.Cc1ccc2c(c1)c1ccc[c-]c1c1nccn21.Cc1ccc2c(c1)c1ccc[c-]c1c1nccn21.[Ir].[Ir].[Ir].[Ir].[Ir]. The van der Waals surface area contributed by atoms with Gasteiger partial charge in [0, 0.05) is 196 Å². The summed E-state index contributed by atoms with van der Waals surface area (Å²) in [6, 6.07) is 97.4. The van der Waals surface area contributed by atoms with Crippen molar-refractivity contribution in [1.29, 1.82) is 0 Å². The number of aromatic nitrogens is 10. The molecular weight excluding hydrogens is 2210 g/mol. The van der Waals surface area contributed by atoms with Gasteiger partial charge in [-0.3, -0.25) is 24.9 Å². The fraction of sp³-hybridized carbons (Fsp3) is 0.0543. The van der Waals surface area contributed by atoms with E-state index in [1.807, 2.05) is 123 Å². The van der Waals surface area contributed by atoms with Crippen molar-refractivity contribution in [2.45, 2.75) is 34.6 Å². The molecule has 12 aromatic carbocycles. The van der Waals surface area contributed by atoms with Crippen LogP contribution in [0, 0.1) is 65.0 Å². The predicted octanol–water partition coefficient (Wildman–Crippen LogP) is 22.1. The summed E-state index contributed by atoms with van der Waals surface area (Å²) in [4.78, 5) is 22.4. The van der Waals surface area contributed by atoms with Crippen LogP contribution in [0.5, 0.6) is 0 Å². The molecule has 531 valence electrons. The van der Waals surface area contributed by atoms with E-state index in [1.54, 1.807) is 0 Å². The van der Waals surface area contributed by atoms with Crippen LogP contribution in [0.2, 0.25) is 0 Å². The number of benzene rings is 12. The van der Waals surface area contributed by atoms with Gasteiger partial charge in [-0.15, -0.1) is 148 Å². The number of fused-ring (bicyclic) bond motifs is 30. The Kier molecular flexibility index (Phi) is 22.3. The van der Waals surface area contributed by atoms with Crippen molar-refractivity contribution < 1.29 is 101 Å². The van der Waals surface area contributed by atoms with Gasteiger partial charge in [-0.05, 0) is 103 Å². The molecule has 10 nitrogen and oxygen atoms in total. The first-order valence-electron chi connectivity index (χ1n) is 34.2. The Balaban J connectivity index is 0.000000118. The van der Waals surface area contributed by atoms with Gasteiger partial charge in [0.25, 0.3) is 0 Å². The first-order chi connectivity index (χ1) is 50.2. The first-order valence-corrected chi connectivity index (χ1v) is 34.2. The minimum atomic E-state index is 0. The van der Waals surface area contributed by atoms with E-state index in [0.29, 0.717) is 0 Å². The number of rotatable bonds is 2. The maximum absolute atomic E-state index is 4.58. The molecule has 0 aliphatic heterocycles. The van der Waals surface area contributed by atoms with Crippen molar-refractivity contribution in [2.75, 3.05) is 0 Å². The maximum Gasteiger partial charge on any atom is 0.0608 e. The molecule has 0 amide bonds. The predicted molar refractivity (Wildman–Crippen MR) is 420 cm³/mol. The maximum atomic E-state index is 4.58. The van der Waals surface area contributed by atoms with Gasteiger partial charge < -0.3 is 22.0 Å². The molecule has 0 saturated carbocycles. The zero-order chi connectivity index (χ0) is 68.5. The van der Waals surface area contributed by atoms with Gasteiger partial charge in [0.2, 0.25) is 0 Å². The van der Waals surface area contributed by atoms with E-state index < -0.39 is 0 Å². The van der Waals surface area contributed by atoms with Gasteiger partial charge in [0.1, 0.15) is 0 Å². The van der Waals surface area contributed by atoms with E-state index in [0.717, 1.165) is 55.2 Å². The molecule has 0 saturated heterocycles. The molecule has 0 N–H and O–H groups in total. The molecule has 0 bridgehead atoms. The molecule has 10 heterocycles. The van der Waals surface area contributed by atoms with Gasteiger partial charge in [-0.1, -0.05) is 170 Å². The average molecular weight is 2270 g/mol. The summed E-state index contributed by atoms with van der Waals surface area (Å²) in [5.74, 6) is 0. The Labute approximate surface area is 685 Å². The molecule has 15 heteroatoms.